The Balaban J connectivity index is 1.40. The highest BCUT2D eigenvalue weighted by Crippen LogP contribution is 2.22. The van der Waals surface area contributed by atoms with Gasteiger partial charge in [0.15, 0.2) is 18.2 Å². The number of rotatable bonds is 12. The molecule has 0 aliphatic carbocycles. The number of Topliss-reactive ketones (excluding diaryl/α,β-unsaturated/α-hetero) is 1. The van der Waals surface area contributed by atoms with Crippen molar-refractivity contribution < 1.29 is 27.1 Å². The fourth-order valence-electron chi connectivity index (χ4n) is 4.30. The lowest BCUT2D eigenvalue weighted by atomic mass is 10.0. The fraction of sp³-hybridized carbons (Fsp3) is 0.429. The Hall–Kier alpha value is -3.64. The highest BCUT2D eigenvalue weighted by Gasteiger charge is 2.29. The van der Waals surface area contributed by atoms with Crippen LogP contribution < -0.4 is 10.1 Å². The van der Waals surface area contributed by atoms with E-state index in [-0.39, 0.29) is 29.9 Å². The first-order valence-electron chi connectivity index (χ1n) is 13.2. The minimum absolute atomic E-state index is 0.00794. The van der Waals surface area contributed by atoms with Gasteiger partial charge in [0.1, 0.15) is 5.82 Å². The molecule has 3 aromatic rings. The maximum Gasteiger partial charge on any atom is 0.422 e. The van der Waals surface area contributed by atoms with E-state index in [9.17, 15) is 22.4 Å². The van der Waals surface area contributed by atoms with Crippen molar-refractivity contribution in [1.82, 2.24) is 24.8 Å². The lowest BCUT2D eigenvalue weighted by Crippen LogP contribution is -2.46. The predicted molar refractivity (Wildman–Crippen MR) is 143 cm³/mol. The molecule has 1 aliphatic heterocycles. The number of nitrogens with zero attached hydrogens (tertiary/aromatic N) is 5. The summed E-state index contributed by atoms with van der Waals surface area (Å²) in [4.78, 5) is 29.8. The molecule has 12 heteroatoms. The van der Waals surface area contributed by atoms with Crippen molar-refractivity contribution in [1.29, 1.82) is 0 Å². The predicted octanol–water partition coefficient (Wildman–Crippen LogP) is 4.83. The van der Waals surface area contributed by atoms with Crippen LogP contribution in [0.5, 0.6) is 6.01 Å². The van der Waals surface area contributed by atoms with Gasteiger partial charge in [0, 0.05) is 50.3 Å². The fourth-order valence-corrected chi connectivity index (χ4v) is 4.30. The van der Waals surface area contributed by atoms with E-state index in [2.05, 4.69) is 37.0 Å². The summed E-state index contributed by atoms with van der Waals surface area (Å²) in [6, 6.07) is 11.8. The van der Waals surface area contributed by atoms with E-state index >= 15 is 0 Å². The van der Waals surface area contributed by atoms with E-state index in [0.717, 1.165) is 45.7 Å². The number of likely N-dealkylation sites (N-methyl/N-ethyl adjacent to an activating group) is 1. The van der Waals surface area contributed by atoms with E-state index in [1.165, 1.54) is 12.1 Å². The summed E-state index contributed by atoms with van der Waals surface area (Å²) in [6.45, 7) is 6.86. The maximum atomic E-state index is 13.2. The van der Waals surface area contributed by atoms with Gasteiger partial charge < -0.3 is 19.9 Å². The molecular weight excluding hydrogens is 528 g/mol. The number of hydrogen-bond acceptors (Lipinski definition) is 8. The SMILES string of the molecule is CCN1CCN(CCCC(=O)c2ccc(-c3nc(NCc4ccc(F)cc4)nc(OCC(F)(F)F)n3)cc2)CC1. The van der Waals surface area contributed by atoms with Gasteiger partial charge in [-0.25, -0.2) is 4.39 Å². The highest BCUT2D eigenvalue weighted by molar-refractivity contribution is 5.96. The van der Waals surface area contributed by atoms with Gasteiger partial charge in [-0.1, -0.05) is 43.3 Å². The van der Waals surface area contributed by atoms with Crippen LogP contribution in [-0.2, 0) is 6.54 Å². The number of hydrogen-bond donors (Lipinski definition) is 1. The Kier molecular flexibility index (Phi) is 9.99. The zero-order valence-corrected chi connectivity index (χ0v) is 22.3. The number of ketones is 1. The lowest BCUT2D eigenvalue weighted by Gasteiger charge is -2.33. The number of aromatic nitrogens is 3. The summed E-state index contributed by atoms with van der Waals surface area (Å²) in [7, 11) is 0. The molecule has 2 heterocycles. The molecule has 2 aromatic carbocycles. The molecule has 214 valence electrons. The number of ether oxygens (including phenoxy) is 1. The van der Waals surface area contributed by atoms with Crippen molar-refractivity contribution in [3.8, 4) is 17.4 Å². The van der Waals surface area contributed by atoms with Gasteiger partial charge >= 0.3 is 12.2 Å². The first-order chi connectivity index (χ1) is 19.2. The topological polar surface area (TPSA) is 83.5 Å². The number of alkyl halides is 3. The molecule has 0 saturated carbocycles. The molecule has 1 N–H and O–H groups in total. The summed E-state index contributed by atoms with van der Waals surface area (Å²) in [6.07, 6.45) is -3.38. The molecule has 0 unspecified atom stereocenters. The number of halogens is 4. The van der Waals surface area contributed by atoms with Gasteiger partial charge in [-0.3, -0.25) is 4.79 Å². The Morgan fingerprint density at radius 3 is 2.27 bits per heavy atom. The van der Waals surface area contributed by atoms with E-state index in [0.29, 0.717) is 23.1 Å². The molecule has 0 bridgehead atoms. The van der Waals surface area contributed by atoms with Gasteiger partial charge in [-0.05, 0) is 37.2 Å². The second kappa shape index (κ2) is 13.6. The van der Waals surface area contributed by atoms with Crippen LogP contribution in [-0.4, -0.2) is 82.6 Å². The van der Waals surface area contributed by atoms with Crippen LogP contribution in [0.25, 0.3) is 11.4 Å². The van der Waals surface area contributed by atoms with E-state index in [1.807, 2.05) is 0 Å². The van der Waals surface area contributed by atoms with E-state index in [1.54, 1.807) is 36.4 Å². The number of nitrogens with one attached hydrogen (secondary N) is 1. The third-order valence-corrected chi connectivity index (χ3v) is 6.60. The average Bonchev–Trinajstić information content (AvgIpc) is 2.96. The molecular formula is C28H32F4N6O2. The number of piperazine rings is 1. The Bertz CT molecular complexity index is 1250. The molecule has 1 aromatic heterocycles. The molecule has 0 spiro atoms. The highest BCUT2D eigenvalue weighted by atomic mass is 19.4. The van der Waals surface area contributed by atoms with Crippen LogP contribution in [0.4, 0.5) is 23.5 Å². The maximum absolute atomic E-state index is 13.2. The smallest absolute Gasteiger partial charge is 0.422 e. The van der Waals surface area contributed by atoms with Gasteiger partial charge in [0.2, 0.25) is 5.95 Å². The lowest BCUT2D eigenvalue weighted by molar-refractivity contribution is -0.154. The molecule has 0 radical (unpaired) electrons. The summed E-state index contributed by atoms with van der Waals surface area (Å²) < 4.78 is 56.1. The summed E-state index contributed by atoms with van der Waals surface area (Å²) in [5, 5.41) is 2.91. The second-order valence-electron chi connectivity index (χ2n) is 9.53. The normalized spacial score (nSPS) is 14.7. The largest absolute Gasteiger partial charge is 0.454 e. The second-order valence-corrected chi connectivity index (χ2v) is 9.53. The monoisotopic (exact) mass is 560 g/mol. The number of anilines is 1. The third kappa shape index (κ3) is 8.95. The van der Waals surface area contributed by atoms with Crippen molar-refractivity contribution in [3.63, 3.8) is 0 Å². The summed E-state index contributed by atoms with van der Waals surface area (Å²) in [5.74, 6) is -0.294. The van der Waals surface area contributed by atoms with Gasteiger partial charge in [-0.2, -0.15) is 28.1 Å². The molecule has 1 fully saturated rings. The molecule has 1 saturated heterocycles. The van der Waals surface area contributed by atoms with Gasteiger partial charge in [0.05, 0.1) is 0 Å². The van der Waals surface area contributed by atoms with Crippen molar-refractivity contribution >= 4 is 11.7 Å². The van der Waals surface area contributed by atoms with Crippen LogP contribution in [0.3, 0.4) is 0 Å². The number of carbonyl (C=O) groups excluding carboxylic acids is 1. The van der Waals surface area contributed by atoms with Crippen LogP contribution in [0.1, 0.15) is 35.7 Å². The van der Waals surface area contributed by atoms with Crippen LogP contribution >= 0.6 is 0 Å². The Morgan fingerprint density at radius 2 is 1.62 bits per heavy atom. The summed E-state index contributed by atoms with van der Waals surface area (Å²) in [5.41, 5.74) is 1.73. The third-order valence-electron chi connectivity index (χ3n) is 6.60. The molecule has 40 heavy (non-hydrogen) atoms. The van der Waals surface area contributed by atoms with Crippen molar-refractivity contribution in [2.75, 3.05) is 51.2 Å². The zero-order chi connectivity index (χ0) is 28.5. The molecule has 0 atom stereocenters. The minimum atomic E-state index is -4.57. The van der Waals surface area contributed by atoms with E-state index < -0.39 is 18.8 Å². The zero-order valence-electron chi connectivity index (χ0n) is 22.3. The van der Waals surface area contributed by atoms with Crippen molar-refractivity contribution in [2.24, 2.45) is 0 Å². The number of carbonyl (C=O) groups is 1. The first-order valence-corrected chi connectivity index (χ1v) is 13.2. The Labute approximate surface area is 230 Å². The van der Waals surface area contributed by atoms with Crippen molar-refractivity contribution in [3.05, 3.63) is 65.5 Å². The molecule has 8 nitrogen and oxygen atoms in total. The standard InChI is InChI=1S/C28H32F4N6O2/c1-2-37-14-16-38(17-15-37)13-3-4-24(39)21-7-9-22(10-8-21)25-34-26(33-18-20-5-11-23(29)12-6-20)36-27(35-25)40-19-28(30,31)32/h5-12H,2-4,13-19H2,1H3,(H,33,34,35,36). The van der Waals surface area contributed by atoms with Crippen LogP contribution in [0.15, 0.2) is 48.5 Å². The molecule has 1 aliphatic rings. The van der Waals surface area contributed by atoms with Crippen LogP contribution in [0, 0.1) is 5.82 Å². The van der Waals surface area contributed by atoms with Gasteiger partial charge in [-0.15, -0.1) is 0 Å². The molecule has 0 amide bonds. The average molecular weight is 561 g/mol. The first kappa shape index (κ1) is 29.3. The van der Waals surface area contributed by atoms with E-state index in [4.69, 9.17) is 4.74 Å². The summed E-state index contributed by atoms with van der Waals surface area (Å²) >= 11 is 0. The Morgan fingerprint density at radius 1 is 0.950 bits per heavy atom. The minimum Gasteiger partial charge on any atom is -0.454 e. The van der Waals surface area contributed by atoms with Crippen molar-refractivity contribution in [2.45, 2.75) is 32.5 Å². The quantitative estimate of drug-likeness (QED) is 0.249. The van der Waals surface area contributed by atoms with Gasteiger partial charge in [0.25, 0.3) is 0 Å². The van der Waals surface area contributed by atoms with Crippen LogP contribution in [0.2, 0.25) is 0 Å². The molecule has 4 rings (SSSR count). The number of benzene rings is 2.